The molecule has 0 radical (unpaired) electrons. The van der Waals surface area contributed by atoms with Gasteiger partial charge in [-0.2, -0.15) is 30.0 Å². The molecule has 0 saturated heterocycles. The Bertz CT molecular complexity index is 2040. The van der Waals surface area contributed by atoms with E-state index in [0.717, 1.165) is 44.7 Å². The van der Waals surface area contributed by atoms with Crippen LogP contribution in [0.3, 0.4) is 0 Å². The van der Waals surface area contributed by atoms with Gasteiger partial charge in [-0.25, -0.2) is 14.2 Å². The first-order valence-electron chi connectivity index (χ1n) is 17.8. The van der Waals surface area contributed by atoms with Gasteiger partial charge in [0.05, 0.1) is 64.8 Å². The van der Waals surface area contributed by atoms with Crippen molar-refractivity contribution in [3.63, 3.8) is 0 Å². The summed E-state index contributed by atoms with van der Waals surface area (Å²) in [5.41, 5.74) is 6.99. The second-order valence-corrected chi connectivity index (χ2v) is 12.8. The van der Waals surface area contributed by atoms with Crippen LogP contribution in [0.1, 0.15) is 59.2 Å². The summed E-state index contributed by atoms with van der Waals surface area (Å²) >= 11 is 0. The van der Waals surface area contributed by atoms with E-state index >= 15 is 0 Å². The number of esters is 1. The summed E-state index contributed by atoms with van der Waals surface area (Å²) in [4.78, 5) is 41.8. The van der Waals surface area contributed by atoms with Crippen molar-refractivity contribution >= 4 is 30.3 Å². The molecule has 17 nitrogen and oxygen atoms in total. The van der Waals surface area contributed by atoms with Crippen LogP contribution < -0.4 is 25.3 Å². The monoisotopic (exact) mass is 809 g/mol. The third kappa shape index (κ3) is 11.2. The van der Waals surface area contributed by atoms with Crippen LogP contribution in [0.5, 0.6) is 17.4 Å². The molecule has 4 N–H and O–H groups in total. The van der Waals surface area contributed by atoms with Crippen molar-refractivity contribution < 1.29 is 42.8 Å². The predicted octanol–water partition coefficient (Wildman–Crippen LogP) is 4.47. The zero-order chi connectivity index (χ0) is 40.0. The Kier molecular flexibility index (Phi) is 16.2. The molecule has 1 amide bonds. The minimum atomic E-state index is -1.08. The number of hydrogen-bond acceptors (Lipinski definition) is 13. The number of carboxylic acids is 1. The average Bonchev–Trinajstić information content (AvgIpc) is 4.07. The Hall–Kier alpha value is -6.14. The maximum Gasteiger partial charge on any atom is 0.341 e. The molecule has 2 fully saturated rings. The van der Waals surface area contributed by atoms with Crippen LogP contribution in [0.4, 0.5) is 4.39 Å². The van der Waals surface area contributed by atoms with E-state index in [9.17, 15) is 18.8 Å². The van der Waals surface area contributed by atoms with Crippen molar-refractivity contribution in [3.05, 3.63) is 96.5 Å². The largest absolute Gasteiger partial charge is 0.496 e. The third-order valence-corrected chi connectivity index (χ3v) is 9.35. The van der Waals surface area contributed by atoms with Gasteiger partial charge >= 0.3 is 11.9 Å². The highest BCUT2D eigenvalue weighted by Gasteiger charge is 2.32. The number of carbonyl (C=O) groups is 3. The van der Waals surface area contributed by atoms with Crippen LogP contribution in [0, 0.1) is 17.7 Å². The lowest BCUT2D eigenvalue weighted by molar-refractivity contribution is -0.145. The first-order chi connectivity index (χ1) is 27.1. The second-order valence-electron chi connectivity index (χ2n) is 12.8. The molecule has 4 atom stereocenters. The number of aromatic nitrogens is 7. The van der Waals surface area contributed by atoms with E-state index in [2.05, 4.69) is 35.4 Å². The summed E-state index contributed by atoms with van der Waals surface area (Å²) in [5.74, 6) is -0.707. The molecule has 5 aromatic rings. The Morgan fingerprint density at radius 3 is 1.91 bits per heavy atom. The highest BCUT2D eigenvalue weighted by molar-refractivity contribution is 6.00. The fourth-order valence-corrected chi connectivity index (χ4v) is 6.58. The molecule has 304 valence electrons. The summed E-state index contributed by atoms with van der Waals surface area (Å²) in [5, 5.41) is 28.3. The van der Waals surface area contributed by atoms with E-state index in [1.54, 1.807) is 48.8 Å². The Labute approximate surface area is 334 Å². The molecular weight excluding hydrogens is 765 g/mol. The normalized spacial score (nSPS) is 18.1. The fraction of sp³-hybridized carbons (Fsp3) is 0.368. The summed E-state index contributed by atoms with van der Waals surface area (Å²) in [7, 11) is 4.35. The number of nitrogens with two attached hydrogens (primary N) is 1. The van der Waals surface area contributed by atoms with Gasteiger partial charge in [-0.05, 0) is 56.0 Å². The van der Waals surface area contributed by atoms with Crippen molar-refractivity contribution in [1.29, 1.82) is 0 Å². The molecule has 3 heterocycles. The van der Waals surface area contributed by atoms with Crippen LogP contribution in [0.2, 0.25) is 0 Å². The zero-order valence-corrected chi connectivity index (χ0v) is 32.4. The Balaban J connectivity index is 0.000000222. The first-order valence-corrected chi connectivity index (χ1v) is 17.8. The molecule has 2 aliphatic rings. The highest BCUT2D eigenvalue weighted by atomic mass is 35.5. The molecule has 57 heavy (non-hydrogen) atoms. The van der Waals surface area contributed by atoms with E-state index in [0.29, 0.717) is 35.2 Å². The lowest BCUT2D eigenvalue weighted by Crippen LogP contribution is -2.40. The van der Waals surface area contributed by atoms with Gasteiger partial charge in [0, 0.05) is 24.1 Å². The average molecular weight is 810 g/mol. The highest BCUT2D eigenvalue weighted by Crippen LogP contribution is 2.30. The molecule has 0 aliphatic heterocycles. The number of benzene rings is 2. The van der Waals surface area contributed by atoms with Gasteiger partial charge < -0.3 is 35.1 Å². The predicted molar refractivity (Wildman–Crippen MR) is 206 cm³/mol. The van der Waals surface area contributed by atoms with E-state index in [-0.39, 0.29) is 59.5 Å². The number of amides is 1. The molecule has 3 aromatic heterocycles. The summed E-state index contributed by atoms with van der Waals surface area (Å²) in [6.45, 7) is 0.392. The maximum absolute atomic E-state index is 13.2. The molecule has 7 rings (SSSR count). The molecule has 2 aromatic carbocycles. The summed E-state index contributed by atoms with van der Waals surface area (Å²) in [6, 6.07) is 13.0. The molecule has 2 aliphatic carbocycles. The molecule has 0 unspecified atom stereocenters. The lowest BCUT2D eigenvalue weighted by Gasteiger charge is -2.22. The second kappa shape index (κ2) is 21.2. The van der Waals surface area contributed by atoms with Crippen molar-refractivity contribution in [2.45, 2.75) is 50.6 Å². The van der Waals surface area contributed by atoms with E-state index in [1.165, 1.54) is 55.4 Å². The van der Waals surface area contributed by atoms with Gasteiger partial charge in [0.15, 0.2) is 0 Å². The number of hydrogen-bond donors (Lipinski definition) is 3. The van der Waals surface area contributed by atoms with Crippen molar-refractivity contribution in [2.75, 3.05) is 27.9 Å². The van der Waals surface area contributed by atoms with E-state index in [4.69, 9.17) is 25.1 Å². The fourth-order valence-electron chi connectivity index (χ4n) is 6.58. The molecule has 2 saturated carbocycles. The van der Waals surface area contributed by atoms with Crippen molar-refractivity contribution in [1.82, 2.24) is 40.3 Å². The maximum atomic E-state index is 13.2. The summed E-state index contributed by atoms with van der Waals surface area (Å²) < 4.78 is 33.7. The van der Waals surface area contributed by atoms with Crippen LogP contribution in [0.15, 0.2) is 79.5 Å². The van der Waals surface area contributed by atoms with Crippen LogP contribution in [-0.4, -0.2) is 97.9 Å². The Morgan fingerprint density at radius 2 is 1.40 bits per heavy atom. The quantitative estimate of drug-likeness (QED) is 0.157. The first kappa shape index (κ1) is 43.6. The summed E-state index contributed by atoms with van der Waals surface area (Å²) in [6.07, 6.45) is 12.8. The lowest BCUT2D eigenvalue weighted by atomic mass is 10.0. The SMILES string of the molecule is COC(=O)[C@H]1CCC[C@@H]1N.COc1cccc(-n2nccn2)c1C(=O)N[C@H]1CCC[C@@H]1COc1ccc(F)cn1.COc1cccc(-n2nccn2)c1C(=O)O.Cl. The minimum absolute atomic E-state index is 0. The van der Waals surface area contributed by atoms with Gasteiger partial charge in [0.2, 0.25) is 5.88 Å². The van der Waals surface area contributed by atoms with Crippen molar-refractivity contribution in [2.24, 2.45) is 17.6 Å². The van der Waals surface area contributed by atoms with E-state index < -0.39 is 11.8 Å². The van der Waals surface area contributed by atoms with Crippen LogP contribution in [-0.2, 0) is 9.53 Å². The number of pyridine rings is 1. The molecule has 19 heteroatoms. The number of rotatable bonds is 11. The Morgan fingerprint density at radius 1 is 0.825 bits per heavy atom. The van der Waals surface area contributed by atoms with Crippen molar-refractivity contribution in [3.8, 4) is 28.8 Å². The van der Waals surface area contributed by atoms with Crippen LogP contribution >= 0.6 is 12.4 Å². The number of methoxy groups -OCH3 is 3. The van der Waals surface area contributed by atoms with Gasteiger partial charge in [0.1, 0.15) is 39.8 Å². The smallest absolute Gasteiger partial charge is 0.341 e. The van der Waals surface area contributed by atoms with E-state index in [1.807, 2.05) is 0 Å². The molecule has 0 spiro atoms. The van der Waals surface area contributed by atoms with Gasteiger partial charge in [-0.3, -0.25) is 9.59 Å². The van der Waals surface area contributed by atoms with Gasteiger partial charge in [-0.1, -0.05) is 25.0 Å². The standard InChI is InChI=1S/C21H22FN5O3.C10H9N3O3.C7H13NO2.ClH/c1-29-18-7-3-6-17(27-24-10-11-25-27)20(18)21(28)26-16-5-2-4-14(16)13-30-19-9-8-15(22)12-23-19;1-16-8-4-2-3-7(9(8)10(14)15)13-11-5-6-12-13;1-10-7(9)5-3-2-4-6(5)8;/h3,6-12,14,16H,2,4-5,13H2,1H3,(H,26,28);2-6H,1H3,(H,14,15);5-6H,2-4,8H2,1H3;1H/t14-,16+;;5-,6-;/m1.0./s1. The number of ether oxygens (including phenoxy) is 4. The topological polar surface area (TPSA) is 221 Å². The third-order valence-electron chi connectivity index (χ3n) is 9.35. The van der Waals surface area contributed by atoms with Crippen LogP contribution in [0.25, 0.3) is 11.4 Å². The number of carbonyl (C=O) groups excluding carboxylic acids is 2. The molecular formula is C38H45ClFN9O8. The number of aromatic carboxylic acids is 1. The molecule has 0 bridgehead atoms. The van der Waals surface area contributed by atoms with Gasteiger partial charge in [0.25, 0.3) is 5.91 Å². The number of nitrogens with one attached hydrogen (secondary N) is 1. The number of carboxylic acid groups (broad SMARTS) is 1. The minimum Gasteiger partial charge on any atom is -0.496 e. The number of nitrogens with zero attached hydrogens (tertiary/aromatic N) is 7. The zero-order valence-electron chi connectivity index (χ0n) is 31.6. The number of halogens is 2. The van der Waals surface area contributed by atoms with Gasteiger partial charge in [-0.15, -0.1) is 12.4 Å².